The molecule has 0 fully saturated rings. The minimum atomic E-state index is -1.08. The highest BCUT2D eigenvalue weighted by Crippen LogP contribution is 2.22. The number of ketones is 2. The Morgan fingerprint density at radius 1 is 0.618 bits per heavy atom. The van der Waals surface area contributed by atoms with E-state index in [-0.39, 0.29) is 11.6 Å². The molecule has 0 aromatic heterocycles. The Bertz CT molecular complexity index is 1170. The number of rotatable bonds is 8. The molecule has 4 aromatic carbocycles. The topological polar surface area (TPSA) is 63.6 Å². The van der Waals surface area contributed by atoms with Gasteiger partial charge >= 0.3 is 0 Å². The molecule has 0 aliphatic heterocycles. The number of carbonyl (C=O) groups excluding carboxylic acids is 2. The molecule has 4 aromatic rings. The number of hydrogen-bond donors (Lipinski definition) is 1. The minimum Gasteiger partial charge on any atom is -0.486 e. The lowest BCUT2D eigenvalue weighted by Crippen LogP contribution is -2.14. The fourth-order valence-electron chi connectivity index (χ4n) is 3.32. The van der Waals surface area contributed by atoms with Crippen molar-refractivity contribution in [3.8, 4) is 0 Å². The maximum absolute atomic E-state index is 12.4. The van der Waals surface area contributed by atoms with Crippen molar-refractivity contribution in [1.29, 1.82) is 0 Å². The molecule has 0 saturated heterocycles. The summed E-state index contributed by atoms with van der Waals surface area (Å²) in [5, 5.41) is 9.89. The monoisotopic (exact) mass is 450 g/mol. The Kier molecular flexibility index (Phi) is 9.09. The van der Waals surface area contributed by atoms with Gasteiger partial charge < -0.3 is 9.84 Å². The molecule has 4 heteroatoms. The van der Waals surface area contributed by atoms with Crippen LogP contribution >= 0.6 is 0 Å². The second-order valence-electron chi connectivity index (χ2n) is 7.37. The van der Waals surface area contributed by atoms with Crippen LogP contribution in [0.5, 0.6) is 0 Å². The second kappa shape index (κ2) is 12.7. The summed E-state index contributed by atoms with van der Waals surface area (Å²) in [6, 6.07) is 36.3. The molecule has 34 heavy (non-hydrogen) atoms. The third-order valence-corrected chi connectivity index (χ3v) is 5.05. The van der Waals surface area contributed by atoms with Gasteiger partial charge in [0, 0.05) is 16.7 Å². The summed E-state index contributed by atoms with van der Waals surface area (Å²) >= 11 is 0. The van der Waals surface area contributed by atoms with Crippen molar-refractivity contribution in [2.24, 2.45) is 0 Å². The van der Waals surface area contributed by atoms with Crippen LogP contribution in [-0.4, -0.2) is 16.7 Å². The van der Waals surface area contributed by atoms with Gasteiger partial charge in [-0.25, -0.2) is 0 Å². The Morgan fingerprint density at radius 2 is 1.00 bits per heavy atom. The highest BCUT2D eigenvalue weighted by atomic mass is 16.5. The lowest BCUT2D eigenvalue weighted by atomic mass is 10.00. The minimum absolute atomic E-state index is 0.0679. The lowest BCUT2D eigenvalue weighted by Gasteiger charge is -2.15. The highest BCUT2D eigenvalue weighted by molar-refractivity contribution is 6.00. The Labute approximate surface area is 199 Å². The fraction of sp³-hybridized carbons (Fsp3) is 0.0667. The zero-order chi connectivity index (χ0) is 24.2. The number of benzene rings is 4. The van der Waals surface area contributed by atoms with Gasteiger partial charge in [-0.3, -0.25) is 9.59 Å². The predicted octanol–water partition coefficient (Wildman–Crippen LogP) is 6.37. The lowest BCUT2D eigenvalue weighted by molar-refractivity contribution is 0.0705. The van der Waals surface area contributed by atoms with Crippen LogP contribution in [0.15, 0.2) is 134 Å². The summed E-state index contributed by atoms with van der Waals surface area (Å²) in [4.78, 5) is 24.3. The van der Waals surface area contributed by atoms with Gasteiger partial charge in [-0.1, -0.05) is 128 Å². The molecule has 0 bridgehead atoms. The van der Waals surface area contributed by atoms with E-state index in [2.05, 4.69) is 6.58 Å². The van der Waals surface area contributed by atoms with E-state index in [9.17, 15) is 14.7 Å². The van der Waals surface area contributed by atoms with Crippen molar-refractivity contribution in [3.05, 3.63) is 156 Å². The summed E-state index contributed by atoms with van der Waals surface area (Å²) in [5.41, 5.74) is 2.61. The Balaban J connectivity index is 0.000000192. The Hall–Kier alpha value is -4.28. The van der Waals surface area contributed by atoms with Gasteiger partial charge in [-0.2, -0.15) is 0 Å². The van der Waals surface area contributed by atoms with Gasteiger partial charge in [0.1, 0.15) is 6.10 Å². The van der Waals surface area contributed by atoms with Crippen LogP contribution in [0.3, 0.4) is 0 Å². The van der Waals surface area contributed by atoms with E-state index >= 15 is 0 Å². The number of carbonyl (C=O) groups is 2. The third kappa shape index (κ3) is 6.61. The molecule has 2 unspecified atom stereocenters. The van der Waals surface area contributed by atoms with Crippen molar-refractivity contribution >= 4 is 11.6 Å². The van der Waals surface area contributed by atoms with Gasteiger partial charge in [0.25, 0.3) is 0 Å². The largest absolute Gasteiger partial charge is 0.486 e. The van der Waals surface area contributed by atoms with Crippen LogP contribution in [0.2, 0.25) is 0 Å². The zero-order valence-corrected chi connectivity index (χ0v) is 18.7. The number of Topliss-reactive ketones (excluding diaryl/α,β-unsaturated/α-hetero) is 2. The smallest absolute Gasteiger partial charge is 0.207 e. The first-order valence-corrected chi connectivity index (χ1v) is 10.8. The molecule has 0 aliphatic rings. The number of aliphatic hydroxyl groups excluding tert-OH is 1. The van der Waals surface area contributed by atoms with Gasteiger partial charge in [0.05, 0.1) is 6.26 Å². The van der Waals surface area contributed by atoms with Crippen LogP contribution in [-0.2, 0) is 4.74 Å². The molecule has 0 saturated carbocycles. The normalized spacial score (nSPS) is 11.8. The molecule has 0 heterocycles. The Morgan fingerprint density at radius 3 is 1.44 bits per heavy atom. The van der Waals surface area contributed by atoms with Crippen LogP contribution in [0.1, 0.15) is 44.1 Å². The SMILES string of the molecule is C=COC(C(=O)c1ccccc1)c1ccccc1.O=C(c1ccccc1)C(O)c1ccccc1. The van der Waals surface area contributed by atoms with Gasteiger partial charge in [0.2, 0.25) is 5.78 Å². The van der Waals surface area contributed by atoms with Crippen molar-refractivity contribution in [2.45, 2.75) is 12.2 Å². The molecule has 0 spiro atoms. The van der Waals surface area contributed by atoms with E-state index < -0.39 is 12.2 Å². The summed E-state index contributed by atoms with van der Waals surface area (Å²) in [6.45, 7) is 3.53. The van der Waals surface area contributed by atoms with Crippen LogP contribution < -0.4 is 0 Å². The standard InChI is InChI=1S/C16H14O2.C14H12O2/c1-2-18-16(14-11-7-4-8-12-14)15(17)13-9-5-3-6-10-13;15-13(11-7-3-1-4-8-11)14(16)12-9-5-2-6-10-12/h2-12,16H,1H2;1-10,13,15H. The maximum Gasteiger partial charge on any atom is 0.207 e. The number of hydrogen-bond acceptors (Lipinski definition) is 4. The highest BCUT2D eigenvalue weighted by Gasteiger charge is 2.22. The van der Waals surface area contributed by atoms with Gasteiger partial charge in [0.15, 0.2) is 11.9 Å². The molecular weight excluding hydrogens is 424 g/mol. The third-order valence-electron chi connectivity index (χ3n) is 5.05. The van der Waals surface area contributed by atoms with Crippen molar-refractivity contribution in [3.63, 3.8) is 0 Å². The van der Waals surface area contributed by atoms with Crippen LogP contribution in [0.4, 0.5) is 0 Å². The van der Waals surface area contributed by atoms with E-state index in [0.717, 1.165) is 5.56 Å². The van der Waals surface area contributed by atoms with E-state index in [1.54, 1.807) is 60.7 Å². The molecule has 2 atom stereocenters. The van der Waals surface area contributed by atoms with Crippen molar-refractivity contribution in [2.75, 3.05) is 0 Å². The van der Waals surface area contributed by atoms with E-state index in [4.69, 9.17) is 4.74 Å². The summed E-state index contributed by atoms with van der Waals surface area (Å²) in [5.74, 6) is -0.339. The van der Waals surface area contributed by atoms with Gasteiger partial charge in [-0.15, -0.1) is 0 Å². The van der Waals surface area contributed by atoms with E-state index in [0.29, 0.717) is 16.7 Å². The van der Waals surface area contributed by atoms with Crippen LogP contribution in [0.25, 0.3) is 0 Å². The quantitative estimate of drug-likeness (QED) is 0.250. The predicted molar refractivity (Wildman–Crippen MR) is 133 cm³/mol. The first-order valence-electron chi connectivity index (χ1n) is 10.8. The molecule has 4 rings (SSSR count). The summed E-state index contributed by atoms with van der Waals surface area (Å²) in [7, 11) is 0. The van der Waals surface area contributed by atoms with Crippen molar-refractivity contribution < 1.29 is 19.4 Å². The average molecular weight is 451 g/mol. The number of aliphatic hydroxyl groups is 1. The van der Waals surface area contributed by atoms with Crippen molar-refractivity contribution in [1.82, 2.24) is 0 Å². The number of ether oxygens (including phenoxy) is 1. The molecule has 4 nitrogen and oxygen atoms in total. The fourth-order valence-corrected chi connectivity index (χ4v) is 3.32. The van der Waals surface area contributed by atoms with Gasteiger partial charge in [-0.05, 0) is 5.56 Å². The molecular formula is C30H26O4. The first-order chi connectivity index (χ1) is 16.6. The first kappa shape index (κ1) is 24.4. The molecule has 1 N–H and O–H groups in total. The molecule has 170 valence electrons. The van der Waals surface area contributed by atoms with E-state index in [1.165, 1.54) is 6.26 Å². The molecule has 0 aliphatic carbocycles. The molecule has 0 amide bonds. The second-order valence-corrected chi connectivity index (χ2v) is 7.37. The summed E-state index contributed by atoms with van der Waals surface area (Å²) < 4.78 is 5.36. The van der Waals surface area contributed by atoms with E-state index in [1.807, 2.05) is 60.7 Å². The summed E-state index contributed by atoms with van der Waals surface area (Å²) in [6.07, 6.45) is -0.409. The average Bonchev–Trinajstić information content (AvgIpc) is 2.93. The zero-order valence-electron chi connectivity index (χ0n) is 18.7. The maximum atomic E-state index is 12.4. The van der Waals surface area contributed by atoms with Crippen LogP contribution in [0, 0.1) is 0 Å². The molecule has 0 radical (unpaired) electrons.